The van der Waals surface area contributed by atoms with Crippen molar-refractivity contribution in [2.75, 3.05) is 47.5 Å². The summed E-state index contributed by atoms with van der Waals surface area (Å²) in [5.41, 5.74) is 0. The molecule has 0 saturated carbocycles. The van der Waals surface area contributed by atoms with Gasteiger partial charge in [-0.1, -0.05) is 501 Å². The van der Waals surface area contributed by atoms with Crippen molar-refractivity contribution in [1.29, 1.82) is 0 Å². The predicted octanol–water partition coefficient (Wildman–Crippen LogP) is 32.9. The molecule has 0 saturated heterocycles. The van der Waals surface area contributed by atoms with E-state index in [9.17, 15) is 19.0 Å². The first-order valence-corrected chi connectivity index (χ1v) is 49.9. The molecule has 0 aliphatic rings. The van der Waals surface area contributed by atoms with E-state index < -0.39 is 26.5 Å². The van der Waals surface area contributed by atoms with Gasteiger partial charge < -0.3 is 18.9 Å². The molecular formula is C96H191NO8P+. The Morgan fingerprint density at radius 1 is 0.283 bits per heavy atom. The van der Waals surface area contributed by atoms with Crippen LogP contribution >= 0.6 is 7.82 Å². The molecule has 106 heavy (non-hydrogen) atoms. The van der Waals surface area contributed by atoms with E-state index in [0.717, 1.165) is 38.5 Å². The topological polar surface area (TPSA) is 108 Å². The number of likely N-dealkylation sites (N-methyl/N-ethyl adjacent to an activating group) is 1. The maximum absolute atomic E-state index is 13.0. The molecule has 0 aromatic carbocycles. The second-order valence-electron chi connectivity index (χ2n) is 34.8. The van der Waals surface area contributed by atoms with Crippen molar-refractivity contribution in [3.8, 4) is 0 Å². The highest BCUT2D eigenvalue weighted by atomic mass is 31.2. The first-order chi connectivity index (χ1) is 52.0. The molecule has 0 aromatic rings. The number of hydrogen-bond donors (Lipinski definition) is 1. The van der Waals surface area contributed by atoms with Crippen molar-refractivity contribution in [2.24, 2.45) is 0 Å². The van der Waals surface area contributed by atoms with Crippen LogP contribution in [0.3, 0.4) is 0 Å². The summed E-state index contributed by atoms with van der Waals surface area (Å²) < 4.78 is 35.0. The standard InChI is InChI=1S/C96H190NO8P/c1-6-8-10-12-14-16-18-20-22-24-26-28-30-32-34-36-38-40-42-44-46-48-50-52-54-56-58-60-62-64-66-68-70-72-74-76-78-80-82-84-86-88-95(98)102-92-94(93-104-106(100,101)103-91-90-97(3,4)5)105-96(99)89-87-85-83-81-79-77-75-73-71-69-67-65-63-61-59-57-55-53-51-49-47-45-43-41-39-37-35-33-31-29-27-25-23-21-19-17-15-13-11-9-7-2/h25,27,94H,6-24,26,28-93H2,1-5H3/p+1/b27-25-. The molecule has 1 N–H and O–H groups in total. The molecule has 10 heteroatoms. The van der Waals surface area contributed by atoms with Gasteiger partial charge in [0.05, 0.1) is 27.7 Å². The number of hydrogen-bond acceptors (Lipinski definition) is 7. The second kappa shape index (κ2) is 87.7. The predicted molar refractivity (Wildman–Crippen MR) is 465 cm³/mol. The van der Waals surface area contributed by atoms with Crippen LogP contribution < -0.4 is 0 Å². The summed E-state index contributed by atoms with van der Waals surface area (Å²) in [7, 11) is 1.51. The molecule has 0 rings (SSSR count). The minimum atomic E-state index is -4.39. The lowest BCUT2D eigenvalue weighted by molar-refractivity contribution is -0.870. The van der Waals surface area contributed by atoms with Crippen LogP contribution in [0.25, 0.3) is 0 Å². The SMILES string of the molecule is CCCCCCCCCC/C=C\CCCCCCCCCCCCCCCCCCCCCCCCCCCCCCCC(=O)OC(COC(=O)CCCCCCCCCCCCCCCCCCCCCCCCCCCCCCCCCCCCCCCCCCC)COP(=O)(O)OCC[N+](C)(C)C. The van der Waals surface area contributed by atoms with E-state index in [2.05, 4.69) is 26.0 Å². The average Bonchev–Trinajstić information content (AvgIpc) is 0.908. The van der Waals surface area contributed by atoms with Crippen LogP contribution in [0.2, 0.25) is 0 Å². The number of carbonyl (C=O) groups excluding carboxylic acids is 2. The lowest BCUT2D eigenvalue weighted by atomic mass is 10.0. The van der Waals surface area contributed by atoms with Crippen LogP contribution in [0.5, 0.6) is 0 Å². The number of phosphoric acid groups is 1. The summed E-state index contributed by atoms with van der Waals surface area (Å²) >= 11 is 0. The van der Waals surface area contributed by atoms with E-state index in [1.807, 2.05) is 21.1 Å². The van der Waals surface area contributed by atoms with Gasteiger partial charge in [0.2, 0.25) is 0 Å². The van der Waals surface area contributed by atoms with Crippen molar-refractivity contribution >= 4 is 19.8 Å². The first kappa shape index (κ1) is 105. The normalized spacial score (nSPS) is 12.8. The van der Waals surface area contributed by atoms with Gasteiger partial charge in [-0.25, -0.2) is 4.57 Å². The molecule has 2 atom stereocenters. The molecular weight excluding hydrogens is 1330 g/mol. The molecule has 0 aromatic heterocycles. The molecule has 0 bridgehead atoms. The maximum Gasteiger partial charge on any atom is 0.472 e. The van der Waals surface area contributed by atoms with E-state index in [4.69, 9.17) is 18.5 Å². The Labute approximate surface area is 664 Å². The fourth-order valence-corrected chi connectivity index (χ4v) is 16.2. The van der Waals surface area contributed by atoms with Gasteiger partial charge in [-0.2, -0.15) is 0 Å². The fourth-order valence-electron chi connectivity index (χ4n) is 15.4. The third kappa shape index (κ3) is 91.6. The number of nitrogens with zero attached hydrogens (tertiary/aromatic N) is 1. The maximum atomic E-state index is 13.0. The third-order valence-electron chi connectivity index (χ3n) is 22.8. The monoisotopic (exact) mass is 1520 g/mol. The Kier molecular flexibility index (Phi) is 86.7. The summed E-state index contributed by atoms with van der Waals surface area (Å²) in [5, 5.41) is 0. The van der Waals surface area contributed by atoms with Gasteiger partial charge in [0, 0.05) is 12.8 Å². The number of carbonyl (C=O) groups is 2. The highest BCUT2D eigenvalue weighted by Gasteiger charge is 2.27. The second-order valence-corrected chi connectivity index (χ2v) is 36.3. The zero-order valence-corrected chi connectivity index (χ0v) is 73.6. The van der Waals surface area contributed by atoms with Crippen molar-refractivity contribution < 1.29 is 42.1 Å². The highest BCUT2D eigenvalue weighted by Crippen LogP contribution is 2.43. The number of rotatable bonds is 93. The van der Waals surface area contributed by atoms with Crippen LogP contribution in [-0.4, -0.2) is 74.9 Å². The van der Waals surface area contributed by atoms with E-state index in [-0.39, 0.29) is 25.6 Å². The zero-order chi connectivity index (χ0) is 76.8. The summed E-state index contributed by atoms with van der Waals surface area (Å²) in [6.45, 7) is 4.55. The summed E-state index contributed by atoms with van der Waals surface area (Å²) in [5.74, 6) is -0.762. The van der Waals surface area contributed by atoms with Gasteiger partial charge >= 0.3 is 19.8 Å². The van der Waals surface area contributed by atoms with Gasteiger partial charge in [-0.3, -0.25) is 18.6 Å². The lowest BCUT2D eigenvalue weighted by Gasteiger charge is -2.24. The van der Waals surface area contributed by atoms with Crippen LogP contribution in [0, 0.1) is 0 Å². The van der Waals surface area contributed by atoms with Crippen LogP contribution in [-0.2, 0) is 32.7 Å². The number of unbranched alkanes of at least 4 members (excludes halogenated alkanes) is 77. The molecule has 2 unspecified atom stereocenters. The third-order valence-corrected chi connectivity index (χ3v) is 23.8. The van der Waals surface area contributed by atoms with Crippen molar-refractivity contribution in [3.05, 3.63) is 12.2 Å². The van der Waals surface area contributed by atoms with Gasteiger partial charge in [-0.05, 0) is 38.5 Å². The van der Waals surface area contributed by atoms with Crippen molar-refractivity contribution in [1.82, 2.24) is 0 Å². The highest BCUT2D eigenvalue weighted by molar-refractivity contribution is 7.47. The molecule has 0 aliphatic heterocycles. The van der Waals surface area contributed by atoms with E-state index >= 15 is 0 Å². The average molecular weight is 1520 g/mol. The molecule has 0 fully saturated rings. The van der Waals surface area contributed by atoms with Crippen LogP contribution in [0.4, 0.5) is 0 Å². The summed E-state index contributed by atoms with van der Waals surface area (Å²) in [6, 6.07) is 0. The van der Waals surface area contributed by atoms with E-state index in [1.165, 1.54) is 475 Å². The quantitative estimate of drug-likeness (QED) is 0.0211. The van der Waals surface area contributed by atoms with Crippen molar-refractivity contribution in [2.45, 2.75) is 546 Å². The Hall–Kier alpha value is -1.25. The first-order valence-electron chi connectivity index (χ1n) is 48.4. The minimum Gasteiger partial charge on any atom is -0.462 e. The molecule has 9 nitrogen and oxygen atoms in total. The van der Waals surface area contributed by atoms with Gasteiger partial charge in [0.1, 0.15) is 19.8 Å². The fraction of sp³-hybridized carbons (Fsp3) is 0.958. The minimum absolute atomic E-state index is 0.0374. The van der Waals surface area contributed by atoms with Crippen LogP contribution in [0.1, 0.15) is 540 Å². The zero-order valence-electron chi connectivity index (χ0n) is 72.7. The Balaban J connectivity index is 3.78. The summed E-state index contributed by atoms with van der Waals surface area (Å²) in [4.78, 5) is 36.1. The molecule has 632 valence electrons. The number of esters is 2. The number of phosphoric ester groups is 1. The van der Waals surface area contributed by atoms with Gasteiger partial charge in [-0.15, -0.1) is 0 Å². The molecule has 0 radical (unpaired) electrons. The van der Waals surface area contributed by atoms with E-state index in [0.29, 0.717) is 17.4 Å². The molecule has 0 heterocycles. The van der Waals surface area contributed by atoms with E-state index in [1.54, 1.807) is 0 Å². The largest absolute Gasteiger partial charge is 0.472 e. The Bertz CT molecular complexity index is 1790. The smallest absolute Gasteiger partial charge is 0.462 e. The van der Waals surface area contributed by atoms with Gasteiger partial charge in [0.25, 0.3) is 0 Å². The Morgan fingerprint density at radius 3 is 0.698 bits per heavy atom. The van der Waals surface area contributed by atoms with Gasteiger partial charge in [0.15, 0.2) is 6.10 Å². The molecule has 0 spiro atoms. The number of ether oxygens (including phenoxy) is 2. The van der Waals surface area contributed by atoms with Crippen molar-refractivity contribution in [3.63, 3.8) is 0 Å². The molecule has 0 aliphatic carbocycles. The number of quaternary nitrogens is 1. The molecule has 0 amide bonds. The van der Waals surface area contributed by atoms with Crippen LogP contribution in [0.15, 0.2) is 12.2 Å². The number of allylic oxidation sites excluding steroid dienone is 2. The lowest BCUT2D eigenvalue weighted by Crippen LogP contribution is -2.37. The summed E-state index contributed by atoms with van der Waals surface area (Å²) in [6.07, 6.45) is 115. The Morgan fingerprint density at radius 2 is 0.481 bits per heavy atom.